The van der Waals surface area contributed by atoms with E-state index in [2.05, 4.69) is 28.1 Å². The first kappa shape index (κ1) is 17.2. The molecular formula is C21H26N2O4. The predicted octanol–water partition coefficient (Wildman–Crippen LogP) is 1.62. The molecular weight excluding hydrogens is 344 g/mol. The van der Waals surface area contributed by atoms with E-state index in [-0.39, 0.29) is 17.9 Å². The smallest absolute Gasteiger partial charge is 0.311 e. The maximum atomic E-state index is 12.4. The molecule has 6 atom stereocenters. The number of ether oxygens (including phenoxy) is 1. The highest BCUT2D eigenvalue weighted by Gasteiger charge is 2.52. The van der Waals surface area contributed by atoms with E-state index in [1.54, 1.807) is 0 Å². The highest BCUT2D eigenvalue weighted by Crippen LogP contribution is 2.49. The Bertz CT molecular complexity index is 878. The summed E-state index contributed by atoms with van der Waals surface area (Å²) in [5, 5.41) is 22.1. The number of aliphatic hydroxyl groups is 2. The van der Waals surface area contributed by atoms with Gasteiger partial charge >= 0.3 is 5.97 Å². The number of carbonyl (C=O) groups is 1. The first-order chi connectivity index (χ1) is 13.1. The van der Waals surface area contributed by atoms with E-state index in [1.165, 1.54) is 23.8 Å². The summed E-state index contributed by atoms with van der Waals surface area (Å²) in [5.74, 6) is -0.831. The van der Waals surface area contributed by atoms with Gasteiger partial charge in [-0.25, -0.2) is 0 Å². The number of piperidine rings is 1. The Balaban J connectivity index is 1.53. The topological polar surface area (TPSA) is 85.8 Å². The fourth-order valence-corrected chi connectivity index (χ4v) is 5.82. The zero-order valence-corrected chi connectivity index (χ0v) is 15.5. The summed E-state index contributed by atoms with van der Waals surface area (Å²) in [6.07, 6.45) is 0.450. The number of para-hydroxylation sites is 1. The van der Waals surface area contributed by atoms with Gasteiger partial charge in [-0.3, -0.25) is 9.69 Å². The van der Waals surface area contributed by atoms with Gasteiger partial charge in [0.25, 0.3) is 0 Å². The van der Waals surface area contributed by atoms with Crippen molar-refractivity contribution in [2.45, 2.75) is 37.5 Å². The van der Waals surface area contributed by atoms with Crippen molar-refractivity contribution in [2.75, 3.05) is 20.2 Å². The number of hydrogen-bond donors (Lipinski definition) is 3. The minimum Gasteiger partial charge on any atom is -0.469 e. The molecule has 0 unspecified atom stereocenters. The number of nitrogens with one attached hydrogen (secondary N) is 1. The van der Waals surface area contributed by atoms with Crippen molar-refractivity contribution in [3.05, 3.63) is 35.5 Å². The molecule has 0 amide bonds. The van der Waals surface area contributed by atoms with Crippen LogP contribution in [0.4, 0.5) is 0 Å². The Kier molecular flexibility index (Phi) is 4.04. The van der Waals surface area contributed by atoms with Crippen LogP contribution in [0.15, 0.2) is 24.3 Å². The molecule has 3 heterocycles. The Morgan fingerprint density at radius 1 is 1.26 bits per heavy atom. The van der Waals surface area contributed by atoms with Crippen LogP contribution in [-0.4, -0.2) is 58.5 Å². The largest absolute Gasteiger partial charge is 0.469 e. The lowest BCUT2D eigenvalue weighted by atomic mass is 9.64. The zero-order chi connectivity index (χ0) is 18.7. The fourth-order valence-electron chi connectivity index (χ4n) is 5.82. The minimum absolute atomic E-state index is 0.0227. The van der Waals surface area contributed by atoms with Gasteiger partial charge in [0.2, 0.25) is 0 Å². The summed E-state index contributed by atoms with van der Waals surface area (Å²) >= 11 is 0. The molecule has 1 aliphatic carbocycles. The molecule has 1 saturated carbocycles. The number of aliphatic hydroxyl groups excluding tert-OH is 2. The van der Waals surface area contributed by atoms with Crippen molar-refractivity contribution in [3.63, 3.8) is 0 Å². The lowest BCUT2D eigenvalue weighted by molar-refractivity contribution is -0.171. The van der Waals surface area contributed by atoms with Gasteiger partial charge in [0.15, 0.2) is 0 Å². The number of carbonyl (C=O) groups excluding carboxylic acids is 1. The molecule has 0 radical (unpaired) electrons. The number of aromatic amines is 1. The Morgan fingerprint density at radius 3 is 2.89 bits per heavy atom. The highest BCUT2D eigenvalue weighted by atomic mass is 16.5. The van der Waals surface area contributed by atoms with Crippen LogP contribution in [-0.2, 0) is 16.0 Å². The lowest BCUT2D eigenvalue weighted by Crippen LogP contribution is -2.57. The van der Waals surface area contributed by atoms with Crippen molar-refractivity contribution >= 4 is 16.9 Å². The fraction of sp³-hybridized carbons (Fsp3) is 0.571. The van der Waals surface area contributed by atoms with Gasteiger partial charge in [-0.15, -0.1) is 0 Å². The minimum atomic E-state index is -1.05. The standard InChI is InChI=1S/C21H26N2O4/c1-27-21(26)18-14-9-16-19-13(12-4-2-3-5-15(12)22-19)6-7-23(16)10-11(14)8-17(24)20(18)25/h2-5,11,14,16-18,20,22,24-25H,6-10H2,1H3/t11-,14-,16-,17-,18+,20+/m1/s1. The van der Waals surface area contributed by atoms with E-state index in [1.807, 2.05) is 6.07 Å². The number of fused-ring (bicyclic) bond motifs is 6. The van der Waals surface area contributed by atoms with E-state index < -0.39 is 24.1 Å². The van der Waals surface area contributed by atoms with Crippen LogP contribution in [0.25, 0.3) is 10.9 Å². The molecule has 2 aromatic rings. The van der Waals surface area contributed by atoms with Crippen molar-refractivity contribution in [1.29, 1.82) is 0 Å². The number of aromatic nitrogens is 1. The first-order valence-electron chi connectivity index (χ1n) is 9.86. The third-order valence-electron chi connectivity index (χ3n) is 7.08. The molecule has 3 aliphatic rings. The van der Waals surface area contributed by atoms with Crippen LogP contribution in [0, 0.1) is 17.8 Å². The third-order valence-corrected chi connectivity index (χ3v) is 7.08. The Hall–Kier alpha value is -1.89. The Labute approximate surface area is 158 Å². The molecule has 144 valence electrons. The van der Waals surface area contributed by atoms with Crippen molar-refractivity contribution < 1.29 is 19.7 Å². The summed E-state index contributed by atoms with van der Waals surface area (Å²) in [4.78, 5) is 18.5. The molecule has 1 aromatic heterocycles. The van der Waals surface area contributed by atoms with Crippen LogP contribution in [0.5, 0.6) is 0 Å². The molecule has 2 fully saturated rings. The average Bonchev–Trinajstić information content (AvgIpc) is 3.06. The van der Waals surface area contributed by atoms with Gasteiger partial charge in [-0.1, -0.05) is 18.2 Å². The molecule has 5 rings (SSSR count). The van der Waals surface area contributed by atoms with Crippen molar-refractivity contribution in [2.24, 2.45) is 17.8 Å². The lowest BCUT2D eigenvalue weighted by Gasteiger charge is -2.51. The number of H-pyrrole nitrogens is 1. The predicted molar refractivity (Wildman–Crippen MR) is 100 cm³/mol. The zero-order valence-electron chi connectivity index (χ0n) is 15.5. The SMILES string of the molecule is COC(=O)[C@@H]1[C@@H](O)[C@H](O)C[C@@H]2CN3CCc4c([nH]c5ccccc45)[C@H]3C[C@H]21. The summed E-state index contributed by atoms with van der Waals surface area (Å²) in [6, 6.07) is 8.62. The molecule has 1 aromatic carbocycles. The quantitative estimate of drug-likeness (QED) is 0.664. The van der Waals surface area contributed by atoms with Gasteiger partial charge in [0.1, 0.15) is 0 Å². The second kappa shape index (κ2) is 6.33. The number of nitrogens with zero attached hydrogens (tertiary/aromatic N) is 1. The van der Waals surface area contributed by atoms with E-state index >= 15 is 0 Å². The second-order valence-electron chi connectivity index (χ2n) is 8.33. The number of hydrogen-bond acceptors (Lipinski definition) is 5. The van der Waals surface area contributed by atoms with Crippen LogP contribution in [0.2, 0.25) is 0 Å². The molecule has 27 heavy (non-hydrogen) atoms. The van der Waals surface area contributed by atoms with Gasteiger partial charge < -0.3 is 19.9 Å². The van der Waals surface area contributed by atoms with E-state index in [4.69, 9.17) is 4.74 Å². The van der Waals surface area contributed by atoms with Gasteiger partial charge in [0, 0.05) is 29.7 Å². The number of methoxy groups -OCH3 is 1. The van der Waals surface area contributed by atoms with Crippen LogP contribution < -0.4 is 0 Å². The summed E-state index contributed by atoms with van der Waals surface area (Å²) in [6.45, 7) is 1.84. The van der Waals surface area contributed by atoms with Gasteiger partial charge in [-0.05, 0) is 42.7 Å². The van der Waals surface area contributed by atoms with E-state index in [0.29, 0.717) is 6.42 Å². The normalized spacial score (nSPS) is 36.0. The molecule has 0 spiro atoms. The van der Waals surface area contributed by atoms with Crippen molar-refractivity contribution in [1.82, 2.24) is 9.88 Å². The monoisotopic (exact) mass is 370 g/mol. The number of esters is 1. The molecule has 3 N–H and O–H groups in total. The van der Waals surface area contributed by atoms with E-state index in [0.717, 1.165) is 31.4 Å². The summed E-state index contributed by atoms with van der Waals surface area (Å²) in [5.41, 5.74) is 3.80. The number of benzene rings is 1. The molecule has 2 aliphatic heterocycles. The maximum Gasteiger partial charge on any atom is 0.311 e. The number of rotatable bonds is 1. The Morgan fingerprint density at radius 2 is 2.07 bits per heavy atom. The van der Waals surface area contributed by atoms with Gasteiger partial charge in [0.05, 0.1) is 31.3 Å². The maximum absolute atomic E-state index is 12.4. The molecule has 6 nitrogen and oxygen atoms in total. The third kappa shape index (κ3) is 2.54. The van der Waals surface area contributed by atoms with Crippen molar-refractivity contribution in [3.8, 4) is 0 Å². The van der Waals surface area contributed by atoms with E-state index in [9.17, 15) is 15.0 Å². The van der Waals surface area contributed by atoms with Crippen LogP contribution in [0.3, 0.4) is 0 Å². The summed E-state index contributed by atoms with van der Waals surface area (Å²) < 4.78 is 4.98. The van der Waals surface area contributed by atoms with Gasteiger partial charge in [-0.2, -0.15) is 0 Å². The van der Waals surface area contributed by atoms with Crippen LogP contribution >= 0.6 is 0 Å². The highest BCUT2D eigenvalue weighted by molar-refractivity contribution is 5.85. The first-order valence-corrected chi connectivity index (χ1v) is 9.86. The molecule has 1 saturated heterocycles. The second-order valence-corrected chi connectivity index (χ2v) is 8.33. The molecule has 0 bridgehead atoms. The molecule has 6 heteroatoms. The average molecular weight is 370 g/mol. The van der Waals surface area contributed by atoms with Crippen LogP contribution in [0.1, 0.15) is 30.1 Å². The summed E-state index contributed by atoms with van der Waals surface area (Å²) in [7, 11) is 1.36.